The molecular weight excluding hydrogens is 190 g/mol. The molecule has 0 aromatic carbocycles. The van der Waals surface area contributed by atoms with Gasteiger partial charge in [0.2, 0.25) is 5.91 Å². The Kier molecular flexibility index (Phi) is 3.76. The molecule has 4 nitrogen and oxygen atoms in total. The Morgan fingerprint density at radius 3 is 3.08 bits per heavy atom. The molecule has 5 heteroatoms. The van der Waals surface area contributed by atoms with E-state index < -0.39 is 0 Å². The van der Waals surface area contributed by atoms with Crippen LogP contribution in [0.2, 0.25) is 0 Å². The van der Waals surface area contributed by atoms with E-state index in [1.165, 1.54) is 0 Å². The lowest BCUT2D eigenvalue weighted by molar-refractivity contribution is -0.116. The van der Waals surface area contributed by atoms with Crippen LogP contribution in [0.5, 0.6) is 0 Å². The van der Waals surface area contributed by atoms with E-state index in [4.69, 9.17) is 11.6 Å². The Morgan fingerprint density at radius 2 is 2.54 bits per heavy atom. The van der Waals surface area contributed by atoms with Gasteiger partial charge in [-0.25, -0.2) is 0 Å². The summed E-state index contributed by atoms with van der Waals surface area (Å²) < 4.78 is 1.61. The Bertz CT molecular complexity index is 285. The predicted molar refractivity (Wildman–Crippen MR) is 51.8 cm³/mol. The molecule has 1 N–H and O–H groups in total. The molecule has 0 aliphatic heterocycles. The minimum absolute atomic E-state index is 0.0238. The fourth-order valence-corrected chi connectivity index (χ4v) is 1.06. The summed E-state index contributed by atoms with van der Waals surface area (Å²) in [5.74, 6) is 1.20. The van der Waals surface area contributed by atoms with Crippen LogP contribution in [0.1, 0.15) is 12.8 Å². The number of nitrogens with zero attached hydrogens (tertiary/aromatic N) is 2. The zero-order valence-corrected chi connectivity index (χ0v) is 8.21. The second-order valence-corrected chi connectivity index (χ2v) is 3.06. The molecule has 0 fully saturated rings. The third kappa shape index (κ3) is 3.06. The van der Waals surface area contributed by atoms with E-state index in [2.05, 4.69) is 10.4 Å². The third-order valence-corrected chi connectivity index (χ3v) is 1.89. The quantitative estimate of drug-likeness (QED) is 0.749. The fourth-order valence-electron chi connectivity index (χ4n) is 0.929. The van der Waals surface area contributed by atoms with Crippen LogP contribution < -0.4 is 5.32 Å². The number of rotatable bonds is 4. The van der Waals surface area contributed by atoms with Crippen molar-refractivity contribution in [1.29, 1.82) is 0 Å². The zero-order valence-electron chi connectivity index (χ0n) is 7.46. The van der Waals surface area contributed by atoms with Crippen molar-refractivity contribution in [3.63, 3.8) is 0 Å². The smallest absolute Gasteiger partial charge is 0.225 e. The highest BCUT2D eigenvalue weighted by atomic mass is 35.5. The summed E-state index contributed by atoms with van der Waals surface area (Å²) in [6.45, 7) is 0. The highest BCUT2D eigenvalue weighted by molar-refractivity contribution is 6.18. The molecule has 1 aromatic heterocycles. The number of alkyl halides is 1. The van der Waals surface area contributed by atoms with Crippen molar-refractivity contribution in [1.82, 2.24) is 9.78 Å². The maximum absolute atomic E-state index is 11.2. The fraction of sp³-hybridized carbons (Fsp3) is 0.500. The molecule has 13 heavy (non-hydrogen) atoms. The molecule has 0 radical (unpaired) electrons. The van der Waals surface area contributed by atoms with Gasteiger partial charge in [0.05, 0.1) is 6.20 Å². The largest absolute Gasteiger partial charge is 0.311 e. The van der Waals surface area contributed by atoms with Gasteiger partial charge in [-0.2, -0.15) is 5.10 Å². The molecule has 1 amide bonds. The number of halogens is 1. The first-order chi connectivity index (χ1) is 6.24. The zero-order chi connectivity index (χ0) is 9.68. The third-order valence-electron chi connectivity index (χ3n) is 1.63. The summed E-state index contributed by atoms with van der Waals surface area (Å²) in [4.78, 5) is 11.2. The SMILES string of the molecule is Cn1nccc1NC(=O)CCCCl. The summed E-state index contributed by atoms with van der Waals surface area (Å²) in [6, 6.07) is 1.75. The molecule has 0 unspecified atom stereocenters. The van der Waals surface area contributed by atoms with Crippen LogP contribution in [0.3, 0.4) is 0 Å². The van der Waals surface area contributed by atoms with Gasteiger partial charge in [0.15, 0.2) is 0 Å². The van der Waals surface area contributed by atoms with Crippen LogP contribution in [0.4, 0.5) is 5.82 Å². The monoisotopic (exact) mass is 201 g/mol. The van der Waals surface area contributed by atoms with Crippen LogP contribution in [0, 0.1) is 0 Å². The number of aromatic nitrogens is 2. The normalized spacial score (nSPS) is 10.0. The average molecular weight is 202 g/mol. The molecule has 0 bridgehead atoms. The van der Waals surface area contributed by atoms with Crippen molar-refractivity contribution in [3.8, 4) is 0 Å². The van der Waals surface area contributed by atoms with Gasteiger partial charge in [0, 0.05) is 25.4 Å². The molecule has 0 spiro atoms. The van der Waals surface area contributed by atoms with E-state index >= 15 is 0 Å². The summed E-state index contributed by atoms with van der Waals surface area (Å²) in [5, 5.41) is 6.65. The van der Waals surface area contributed by atoms with E-state index in [-0.39, 0.29) is 5.91 Å². The first kappa shape index (κ1) is 10.1. The summed E-state index contributed by atoms with van der Waals surface area (Å²) >= 11 is 5.46. The van der Waals surface area contributed by atoms with Gasteiger partial charge in [0.25, 0.3) is 0 Å². The van der Waals surface area contributed by atoms with Crippen LogP contribution in [0.15, 0.2) is 12.3 Å². The topological polar surface area (TPSA) is 46.9 Å². The van der Waals surface area contributed by atoms with Crippen LogP contribution in [0.25, 0.3) is 0 Å². The average Bonchev–Trinajstić information content (AvgIpc) is 2.48. The number of aryl methyl sites for hydroxylation is 1. The van der Waals surface area contributed by atoms with E-state index in [1.807, 2.05) is 0 Å². The van der Waals surface area contributed by atoms with Crippen LogP contribution >= 0.6 is 11.6 Å². The molecule has 1 heterocycles. The predicted octanol–water partition coefficient (Wildman–Crippen LogP) is 1.38. The lowest BCUT2D eigenvalue weighted by atomic mass is 10.3. The molecule has 72 valence electrons. The standard InChI is InChI=1S/C8H12ClN3O/c1-12-7(4-6-10-12)11-8(13)3-2-5-9/h4,6H,2-3,5H2,1H3,(H,11,13). The van der Waals surface area contributed by atoms with Gasteiger partial charge < -0.3 is 5.32 Å². The highest BCUT2D eigenvalue weighted by Crippen LogP contribution is 2.04. The van der Waals surface area contributed by atoms with E-state index in [1.54, 1.807) is 24.0 Å². The molecule has 0 aliphatic carbocycles. The number of hydrogen-bond donors (Lipinski definition) is 1. The maximum Gasteiger partial charge on any atom is 0.225 e. The number of hydrogen-bond acceptors (Lipinski definition) is 2. The first-order valence-electron chi connectivity index (χ1n) is 4.08. The molecule has 0 atom stereocenters. The van der Waals surface area contributed by atoms with E-state index in [0.29, 0.717) is 24.5 Å². The Morgan fingerprint density at radius 1 is 1.77 bits per heavy atom. The number of carbonyl (C=O) groups excluding carboxylic acids is 1. The summed E-state index contributed by atoms with van der Waals surface area (Å²) in [6.07, 6.45) is 2.79. The van der Waals surface area contributed by atoms with Crippen molar-refractivity contribution in [3.05, 3.63) is 12.3 Å². The molecule has 1 aromatic rings. The Balaban J connectivity index is 2.41. The second kappa shape index (κ2) is 4.87. The van der Waals surface area contributed by atoms with Gasteiger partial charge in [0.1, 0.15) is 5.82 Å². The van der Waals surface area contributed by atoms with Gasteiger partial charge >= 0.3 is 0 Å². The van der Waals surface area contributed by atoms with Gasteiger partial charge in [-0.05, 0) is 6.42 Å². The molecule has 1 rings (SSSR count). The highest BCUT2D eigenvalue weighted by Gasteiger charge is 2.03. The van der Waals surface area contributed by atoms with Gasteiger partial charge in [-0.15, -0.1) is 11.6 Å². The lowest BCUT2D eigenvalue weighted by Crippen LogP contribution is -2.14. The van der Waals surface area contributed by atoms with Crippen molar-refractivity contribution in [2.24, 2.45) is 7.05 Å². The number of carbonyl (C=O) groups is 1. The summed E-state index contributed by atoms with van der Waals surface area (Å²) in [5.41, 5.74) is 0. The van der Waals surface area contributed by atoms with Crippen molar-refractivity contribution in [2.75, 3.05) is 11.2 Å². The van der Waals surface area contributed by atoms with Crippen molar-refractivity contribution < 1.29 is 4.79 Å². The second-order valence-electron chi connectivity index (χ2n) is 2.68. The summed E-state index contributed by atoms with van der Waals surface area (Å²) in [7, 11) is 1.77. The maximum atomic E-state index is 11.2. The minimum atomic E-state index is -0.0238. The van der Waals surface area contributed by atoms with Gasteiger partial charge in [-0.3, -0.25) is 9.48 Å². The van der Waals surface area contributed by atoms with E-state index in [9.17, 15) is 4.79 Å². The Labute approximate surface area is 81.9 Å². The van der Waals surface area contributed by atoms with Crippen molar-refractivity contribution in [2.45, 2.75) is 12.8 Å². The minimum Gasteiger partial charge on any atom is -0.311 e. The Hall–Kier alpha value is -1.03. The van der Waals surface area contributed by atoms with Crippen LogP contribution in [-0.4, -0.2) is 21.6 Å². The number of amides is 1. The van der Waals surface area contributed by atoms with E-state index in [0.717, 1.165) is 0 Å². The number of anilines is 1. The molecule has 0 saturated heterocycles. The van der Waals surface area contributed by atoms with Gasteiger partial charge in [-0.1, -0.05) is 0 Å². The molecule has 0 aliphatic rings. The molecule has 0 saturated carbocycles. The lowest BCUT2D eigenvalue weighted by Gasteiger charge is -2.03. The molecular formula is C8H12ClN3O. The first-order valence-corrected chi connectivity index (χ1v) is 4.61. The van der Waals surface area contributed by atoms with Crippen molar-refractivity contribution >= 4 is 23.3 Å². The number of nitrogens with one attached hydrogen (secondary N) is 1. The van der Waals surface area contributed by atoms with Crippen LogP contribution in [-0.2, 0) is 11.8 Å².